The number of hydrogen-bond acceptors (Lipinski definition) is 5. The van der Waals surface area contributed by atoms with Gasteiger partial charge in [0.25, 0.3) is 5.69 Å². The smallest absolute Gasteiger partial charge is 0.305 e. The van der Waals surface area contributed by atoms with Crippen LogP contribution >= 0.6 is 0 Å². The lowest BCUT2D eigenvalue weighted by Gasteiger charge is -2.36. The zero-order valence-corrected chi connectivity index (χ0v) is 14.8. The first-order valence-corrected chi connectivity index (χ1v) is 8.44. The topological polar surface area (TPSA) is 116 Å². The van der Waals surface area contributed by atoms with Crippen molar-refractivity contribution in [2.24, 2.45) is 0 Å². The quantitative estimate of drug-likeness (QED) is 0.439. The fraction of sp³-hybridized carbons (Fsp3) is 0.533. The van der Waals surface area contributed by atoms with Gasteiger partial charge in [0.05, 0.1) is 11.3 Å². The Morgan fingerprint density at radius 1 is 1.42 bits per heavy atom. The maximum Gasteiger partial charge on any atom is 0.305 e. The minimum atomic E-state index is -1.70. The molecular formula is C15H21FN2O5S. The molecule has 0 saturated heterocycles. The van der Waals surface area contributed by atoms with Crippen LogP contribution in [0.3, 0.4) is 0 Å². The van der Waals surface area contributed by atoms with E-state index in [0.29, 0.717) is 0 Å². The van der Waals surface area contributed by atoms with Crippen LogP contribution < -0.4 is 4.72 Å². The van der Waals surface area contributed by atoms with Gasteiger partial charge < -0.3 is 9.66 Å². The van der Waals surface area contributed by atoms with Crippen LogP contribution in [-0.4, -0.2) is 25.3 Å². The van der Waals surface area contributed by atoms with E-state index in [1.807, 2.05) is 0 Å². The predicted octanol–water partition coefficient (Wildman–Crippen LogP) is 2.87. The fourth-order valence-electron chi connectivity index (χ4n) is 2.16. The third kappa shape index (κ3) is 4.65. The number of carboxylic acid groups (broad SMARTS) is 1. The average molecular weight is 360 g/mol. The van der Waals surface area contributed by atoms with Crippen LogP contribution in [-0.2, 0) is 21.7 Å². The summed E-state index contributed by atoms with van der Waals surface area (Å²) in [6.45, 7) is 6.65. The summed E-state index contributed by atoms with van der Waals surface area (Å²) in [5, 5.41) is 20.2. The van der Waals surface area contributed by atoms with Gasteiger partial charge in [0.1, 0.15) is 16.1 Å². The van der Waals surface area contributed by atoms with Crippen molar-refractivity contribution in [3.8, 4) is 0 Å². The van der Waals surface area contributed by atoms with Crippen molar-refractivity contribution in [1.82, 2.24) is 4.72 Å². The van der Waals surface area contributed by atoms with Gasteiger partial charge >= 0.3 is 5.97 Å². The molecule has 0 bridgehead atoms. The lowest BCUT2D eigenvalue weighted by Crippen LogP contribution is -2.52. The Labute approximate surface area is 142 Å². The SMILES string of the molecule is CC[C@](CC(=O)O)(N[S+]([O-])C(C)(C)C)c1cc([N+](=O)[O-])ccc1F. The van der Waals surface area contributed by atoms with Gasteiger partial charge in [-0.2, -0.15) is 0 Å². The zero-order chi connectivity index (χ0) is 18.7. The number of non-ortho nitro benzene ring substituents is 1. The monoisotopic (exact) mass is 360 g/mol. The number of benzene rings is 1. The molecule has 0 spiro atoms. The van der Waals surface area contributed by atoms with Gasteiger partial charge in [0.15, 0.2) is 0 Å². The second-order valence-electron chi connectivity index (χ2n) is 6.41. The minimum Gasteiger partial charge on any atom is -0.598 e. The Morgan fingerprint density at radius 2 is 2.00 bits per heavy atom. The standard InChI is InChI=1S/C15H21FN2O5S/c1-5-15(9-13(19)20,17-24(23)14(2,3)4)11-8-10(18(21)22)6-7-12(11)16/h6-8,17H,5,9H2,1-4H3,(H,19,20)/t15-,24?/m1/s1. The van der Waals surface area contributed by atoms with Gasteiger partial charge in [-0.25, -0.2) is 4.39 Å². The molecule has 0 aromatic heterocycles. The highest BCUT2D eigenvalue weighted by molar-refractivity contribution is 7.90. The number of carbonyl (C=O) groups is 1. The van der Waals surface area contributed by atoms with E-state index in [-0.39, 0.29) is 17.7 Å². The van der Waals surface area contributed by atoms with Crippen LogP contribution in [0.15, 0.2) is 18.2 Å². The average Bonchev–Trinajstić information content (AvgIpc) is 2.45. The second-order valence-corrected chi connectivity index (χ2v) is 8.38. The van der Waals surface area contributed by atoms with E-state index in [1.165, 1.54) is 0 Å². The van der Waals surface area contributed by atoms with Crippen molar-refractivity contribution in [3.63, 3.8) is 0 Å². The van der Waals surface area contributed by atoms with Crippen LogP contribution in [0.5, 0.6) is 0 Å². The molecule has 0 aliphatic rings. The molecule has 9 heteroatoms. The van der Waals surface area contributed by atoms with Crippen molar-refractivity contribution in [2.75, 3.05) is 0 Å². The Morgan fingerprint density at radius 3 is 2.42 bits per heavy atom. The molecule has 134 valence electrons. The van der Waals surface area contributed by atoms with Crippen molar-refractivity contribution in [2.45, 2.75) is 50.8 Å². The van der Waals surface area contributed by atoms with Crippen molar-refractivity contribution >= 4 is 23.0 Å². The predicted molar refractivity (Wildman–Crippen MR) is 88.3 cm³/mol. The largest absolute Gasteiger partial charge is 0.598 e. The summed E-state index contributed by atoms with van der Waals surface area (Å²) in [6.07, 6.45) is -0.484. The first kappa shape index (κ1) is 20.3. The van der Waals surface area contributed by atoms with Crippen molar-refractivity contribution in [3.05, 3.63) is 39.7 Å². The molecule has 0 radical (unpaired) electrons. The summed E-state index contributed by atoms with van der Waals surface area (Å²) in [5.41, 5.74) is -2.07. The zero-order valence-electron chi connectivity index (χ0n) is 14.0. The summed E-state index contributed by atoms with van der Waals surface area (Å²) in [6, 6.07) is 2.91. The highest BCUT2D eigenvalue weighted by Gasteiger charge is 2.43. The van der Waals surface area contributed by atoms with Crippen LogP contribution in [0.1, 0.15) is 46.1 Å². The van der Waals surface area contributed by atoms with E-state index in [1.54, 1.807) is 27.7 Å². The highest BCUT2D eigenvalue weighted by Crippen LogP contribution is 2.35. The highest BCUT2D eigenvalue weighted by atomic mass is 32.2. The molecule has 1 aromatic rings. The molecule has 2 N–H and O–H groups in total. The molecule has 24 heavy (non-hydrogen) atoms. The number of aliphatic carboxylic acids is 1. The number of nitrogens with one attached hydrogen (secondary N) is 1. The van der Waals surface area contributed by atoms with Gasteiger partial charge in [0, 0.05) is 29.1 Å². The molecule has 1 aromatic carbocycles. The third-order valence-corrected chi connectivity index (χ3v) is 5.27. The second kappa shape index (κ2) is 7.45. The molecular weight excluding hydrogens is 339 g/mol. The molecule has 2 atom stereocenters. The maximum absolute atomic E-state index is 14.4. The number of nitro groups is 1. The van der Waals surface area contributed by atoms with Gasteiger partial charge in [-0.3, -0.25) is 14.9 Å². The molecule has 0 aliphatic carbocycles. The van der Waals surface area contributed by atoms with E-state index in [2.05, 4.69) is 4.72 Å². The molecule has 0 amide bonds. The summed E-state index contributed by atoms with van der Waals surface area (Å²) >= 11 is -1.70. The van der Waals surface area contributed by atoms with Crippen molar-refractivity contribution < 1.29 is 23.8 Å². The van der Waals surface area contributed by atoms with Gasteiger partial charge in [0.2, 0.25) is 0 Å². The number of carboxylic acids is 1. The Hall–Kier alpha value is -1.71. The minimum absolute atomic E-state index is 0.0825. The number of rotatable bonds is 7. The van der Waals surface area contributed by atoms with E-state index < -0.39 is 44.8 Å². The van der Waals surface area contributed by atoms with Crippen LogP contribution in [0.4, 0.5) is 10.1 Å². The Balaban J connectivity index is 3.50. The Bertz CT molecular complexity index is 635. The lowest BCUT2D eigenvalue weighted by atomic mass is 9.84. The van der Waals surface area contributed by atoms with Gasteiger partial charge in [-0.1, -0.05) is 6.92 Å². The molecule has 1 unspecified atom stereocenters. The number of nitrogens with zero attached hydrogens (tertiary/aromatic N) is 1. The van der Waals surface area contributed by atoms with Crippen LogP contribution in [0.25, 0.3) is 0 Å². The molecule has 0 heterocycles. The fourth-order valence-corrected chi connectivity index (χ4v) is 3.14. The lowest BCUT2D eigenvalue weighted by molar-refractivity contribution is -0.385. The first-order valence-electron chi connectivity index (χ1n) is 7.29. The number of nitro benzene ring substituents is 1. The first-order chi connectivity index (χ1) is 10.9. The van der Waals surface area contributed by atoms with Crippen LogP contribution in [0.2, 0.25) is 0 Å². The van der Waals surface area contributed by atoms with E-state index in [0.717, 1.165) is 18.2 Å². The normalized spacial score (nSPS) is 15.6. The Kier molecular flexibility index (Phi) is 6.32. The van der Waals surface area contributed by atoms with E-state index in [4.69, 9.17) is 0 Å². The summed E-state index contributed by atoms with van der Waals surface area (Å²) in [4.78, 5) is 21.6. The summed E-state index contributed by atoms with van der Waals surface area (Å²) in [7, 11) is 0. The van der Waals surface area contributed by atoms with Crippen molar-refractivity contribution in [1.29, 1.82) is 0 Å². The molecule has 0 aliphatic heterocycles. The molecule has 0 saturated carbocycles. The third-order valence-electron chi connectivity index (χ3n) is 3.58. The maximum atomic E-state index is 14.4. The summed E-state index contributed by atoms with van der Waals surface area (Å²) < 4.78 is 28.8. The van der Waals surface area contributed by atoms with E-state index >= 15 is 0 Å². The molecule has 1 rings (SSSR count). The molecule has 0 fully saturated rings. The number of hydrogen-bond donors (Lipinski definition) is 2. The molecule has 7 nitrogen and oxygen atoms in total. The van der Waals surface area contributed by atoms with Gasteiger partial charge in [-0.05, 0) is 33.3 Å². The summed E-state index contributed by atoms with van der Waals surface area (Å²) in [5.74, 6) is -2.02. The van der Waals surface area contributed by atoms with Crippen LogP contribution in [0, 0.1) is 15.9 Å². The number of halogens is 1. The van der Waals surface area contributed by atoms with E-state index in [9.17, 15) is 29.0 Å². The van der Waals surface area contributed by atoms with Gasteiger partial charge in [-0.15, -0.1) is 4.72 Å².